The number of anilines is 2. The first-order valence-electron chi connectivity index (χ1n) is 5.57. The number of hydrogen-bond donors (Lipinski definition) is 4. The topological polar surface area (TPSA) is 134 Å². The highest BCUT2D eigenvalue weighted by molar-refractivity contribution is 6.02. The van der Waals surface area contributed by atoms with Crippen LogP contribution in [0.4, 0.5) is 11.5 Å². The van der Waals surface area contributed by atoms with Crippen LogP contribution in [0.3, 0.4) is 0 Å². The number of hydrogen-bond acceptors (Lipinski definition) is 6. The number of amides is 2. The van der Waals surface area contributed by atoms with Crippen molar-refractivity contribution in [2.24, 2.45) is 0 Å². The van der Waals surface area contributed by atoms with Gasteiger partial charge in [0.2, 0.25) is 11.8 Å². The standard InChI is InChI=1S/C11H12N4O4/c12-8-5(11(18)19)3-4-13-9(8)14-6-1-2-7(16)15-10(6)17/h3-4,6H,1-2,12H2,(H,13,14)(H,18,19)(H,15,16,17). The summed E-state index contributed by atoms with van der Waals surface area (Å²) in [6, 6.07) is 0.615. The molecule has 2 heterocycles. The fraction of sp³-hybridized carbons (Fsp3) is 0.273. The number of pyridine rings is 1. The number of aromatic carboxylic acids is 1. The number of carbonyl (C=O) groups excluding carboxylic acids is 2. The number of imide groups is 1. The van der Waals surface area contributed by atoms with E-state index in [1.165, 1.54) is 12.3 Å². The van der Waals surface area contributed by atoms with Gasteiger partial charge in [-0.05, 0) is 12.5 Å². The molecule has 0 spiro atoms. The van der Waals surface area contributed by atoms with Gasteiger partial charge in [0.15, 0.2) is 5.82 Å². The fourth-order valence-electron chi connectivity index (χ4n) is 1.77. The molecule has 0 aliphatic carbocycles. The van der Waals surface area contributed by atoms with E-state index < -0.39 is 17.9 Å². The molecule has 1 atom stereocenters. The Hall–Kier alpha value is -2.64. The minimum atomic E-state index is -1.17. The molecule has 1 aromatic rings. The molecule has 0 bridgehead atoms. The molecule has 1 saturated heterocycles. The van der Waals surface area contributed by atoms with E-state index in [4.69, 9.17) is 10.8 Å². The van der Waals surface area contributed by atoms with E-state index >= 15 is 0 Å². The molecule has 0 aromatic carbocycles. The molecule has 1 aromatic heterocycles. The van der Waals surface area contributed by atoms with E-state index in [9.17, 15) is 14.4 Å². The molecule has 0 saturated carbocycles. The third-order valence-corrected chi connectivity index (χ3v) is 2.77. The van der Waals surface area contributed by atoms with Crippen LogP contribution in [0.15, 0.2) is 12.3 Å². The van der Waals surface area contributed by atoms with Crippen LogP contribution in [-0.2, 0) is 9.59 Å². The van der Waals surface area contributed by atoms with Crippen molar-refractivity contribution in [2.45, 2.75) is 18.9 Å². The lowest BCUT2D eigenvalue weighted by Gasteiger charge is -2.23. The molecule has 19 heavy (non-hydrogen) atoms. The van der Waals surface area contributed by atoms with Gasteiger partial charge >= 0.3 is 5.97 Å². The average molecular weight is 264 g/mol. The second-order valence-electron chi connectivity index (χ2n) is 4.07. The first-order valence-corrected chi connectivity index (χ1v) is 5.57. The first-order chi connectivity index (χ1) is 8.99. The van der Waals surface area contributed by atoms with E-state index in [0.717, 1.165) is 0 Å². The summed E-state index contributed by atoms with van der Waals surface area (Å²) in [4.78, 5) is 37.4. The zero-order valence-electron chi connectivity index (χ0n) is 9.84. The Bertz CT molecular complexity index is 558. The highest BCUT2D eigenvalue weighted by atomic mass is 16.4. The Labute approximate surface area is 108 Å². The van der Waals surface area contributed by atoms with E-state index in [2.05, 4.69) is 15.6 Å². The number of carbonyl (C=O) groups is 3. The summed E-state index contributed by atoms with van der Waals surface area (Å²) in [5.74, 6) is -1.86. The third-order valence-electron chi connectivity index (χ3n) is 2.77. The molecule has 8 heteroatoms. The van der Waals surface area contributed by atoms with Gasteiger partial charge in [-0.25, -0.2) is 9.78 Å². The number of piperidine rings is 1. The minimum absolute atomic E-state index is 0.0419. The highest BCUT2D eigenvalue weighted by Crippen LogP contribution is 2.22. The number of nitrogens with zero attached hydrogens (tertiary/aromatic N) is 1. The van der Waals surface area contributed by atoms with Gasteiger partial charge < -0.3 is 16.2 Å². The lowest BCUT2D eigenvalue weighted by atomic mass is 10.1. The van der Waals surface area contributed by atoms with Crippen molar-refractivity contribution in [3.05, 3.63) is 17.8 Å². The second kappa shape index (κ2) is 4.92. The number of rotatable bonds is 3. The number of carboxylic acids is 1. The quantitative estimate of drug-likeness (QED) is 0.544. The monoisotopic (exact) mass is 264 g/mol. The Morgan fingerprint density at radius 2 is 2.26 bits per heavy atom. The predicted molar refractivity (Wildman–Crippen MR) is 65.4 cm³/mol. The summed E-state index contributed by atoms with van der Waals surface area (Å²) >= 11 is 0. The Balaban J connectivity index is 2.20. The number of nitrogen functional groups attached to an aromatic ring is 1. The van der Waals surface area contributed by atoms with Crippen LogP contribution in [-0.4, -0.2) is 33.9 Å². The maximum absolute atomic E-state index is 11.6. The summed E-state index contributed by atoms with van der Waals surface area (Å²) in [7, 11) is 0. The Morgan fingerprint density at radius 3 is 2.89 bits per heavy atom. The van der Waals surface area contributed by atoms with Gasteiger partial charge in [0.05, 0.1) is 11.3 Å². The summed E-state index contributed by atoms with van der Waals surface area (Å²) in [6.07, 6.45) is 1.80. The zero-order chi connectivity index (χ0) is 14.0. The van der Waals surface area contributed by atoms with Crippen molar-refractivity contribution >= 4 is 29.3 Å². The van der Waals surface area contributed by atoms with Gasteiger partial charge in [0.1, 0.15) is 6.04 Å². The van der Waals surface area contributed by atoms with Crippen molar-refractivity contribution < 1.29 is 19.5 Å². The highest BCUT2D eigenvalue weighted by Gasteiger charge is 2.27. The van der Waals surface area contributed by atoms with Crippen LogP contribution in [0.1, 0.15) is 23.2 Å². The SMILES string of the molecule is Nc1c(C(=O)O)ccnc1NC1CCC(=O)NC1=O. The van der Waals surface area contributed by atoms with Crippen molar-refractivity contribution in [1.29, 1.82) is 0 Å². The molecule has 2 amide bonds. The van der Waals surface area contributed by atoms with E-state index in [-0.39, 0.29) is 29.4 Å². The van der Waals surface area contributed by atoms with E-state index in [0.29, 0.717) is 6.42 Å². The van der Waals surface area contributed by atoms with Gasteiger partial charge in [-0.15, -0.1) is 0 Å². The molecular formula is C11H12N4O4. The molecule has 0 radical (unpaired) electrons. The van der Waals surface area contributed by atoms with Crippen molar-refractivity contribution in [3.8, 4) is 0 Å². The molecule has 5 N–H and O–H groups in total. The van der Waals surface area contributed by atoms with Crippen molar-refractivity contribution in [2.75, 3.05) is 11.1 Å². The normalized spacial score (nSPS) is 18.8. The summed E-state index contributed by atoms with van der Waals surface area (Å²) in [5, 5.41) is 13.9. The average Bonchev–Trinajstić information content (AvgIpc) is 2.34. The van der Waals surface area contributed by atoms with Crippen LogP contribution in [0, 0.1) is 0 Å². The summed E-state index contributed by atoms with van der Waals surface area (Å²) < 4.78 is 0. The van der Waals surface area contributed by atoms with Crippen LogP contribution < -0.4 is 16.4 Å². The lowest BCUT2D eigenvalue weighted by molar-refractivity contribution is -0.133. The van der Waals surface area contributed by atoms with Crippen molar-refractivity contribution in [1.82, 2.24) is 10.3 Å². The lowest BCUT2D eigenvalue weighted by Crippen LogP contribution is -2.47. The van der Waals surface area contributed by atoms with E-state index in [1.54, 1.807) is 0 Å². The molecule has 100 valence electrons. The van der Waals surface area contributed by atoms with Gasteiger partial charge in [0.25, 0.3) is 0 Å². The summed E-state index contributed by atoms with van der Waals surface area (Å²) in [5.41, 5.74) is 5.53. The number of carboxylic acid groups (broad SMARTS) is 1. The van der Waals surface area contributed by atoms with Gasteiger partial charge in [0, 0.05) is 12.6 Å². The molecule has 1 fully saturated rings. The van der Waals surface area contributed by atoms with Gasteiger partial charge in [-0.3, -0.25) is 14.9 Å². The van der Waals surface area contributed by atoms with Crippen LogP contribution in [0.25, 0.3) is 0 Å². The second-order valence-corrected chi connectivity index (χ2v) is 4.07. The van der Waals surface area contributed by atoms with Crippen LogP contribution in [0.5, 0.6) is 0 Å². The fourth-order valence-corrected chi connectivity index (χ4v) is 1.77. The summed E-state index contributed by atoms with van der Waals surface area (Å²) in [6.45, 7) is 0. The Kier molecular flexibility index (Phi) is 3.32. The zero-order valence-corrected chi connectivity index (χ0v) is 9.84. The van der Waals surface area contributed by atoms with Crippen molar-refractivity contribution in [3.63, 3.8) is 0 Å². The number of aromatic nitrogens is 1. The number of nitrogens with two attached hydrogens (primary N) is 1. The minimum Gasteiger partial charge on any atom is -0.478 e. The first kappa shape index (κ1) is 12.8. The van der Waals surface area contributed by atoms with Crippen LogP contribution >= 0.6 is 0 Å². The predicted octanol–water partition coefficient (Wildman–Crippen LogP) is -0.421. The van der Waals surface area contributed by atoms with Gasteiger partial charge in [-0.2, -0.15) is 0 Å². The maximum Gasteiger partial charge on any atom is 0.337 e. The number of nitrogens with one attached hydrogen (secondary N) is 2. The van der Waals surface area contributed by atoms with Crippen LogP contribution in [0.2, 0.25) is 0 Å². The van der Waals surface area contributed by atoms with Gasteiger partial charge in [-0.1, -0.05) is 0 Å². The third kappa shape index (κ3) is 2.62. The Morgan fingerprint density at radius 1 is 1.53 bits per heavy atom. The molecule has 1 unspecified atom stereocenters. The van der Waals surface area contributed by atoms with E-state index in [1.807, 2.05) is 0 Å². The molecular weight excluding hydrogens is 252 g/mol. The molecule has 2 rings (SSSR count). The molecule has 1 aliphatic heterocycles. The largest absolute Gasteiger partial charge is 0.478 e. The molecule has 1 aliphatic rings. The molecule has 8 nitrogen and oxygen atoms in total. The smallest absolute Gasteiger partial charge is 0.337 e. The maximum atomic E-state index is 11.6.